The Hall–Kier alpha value is -5.93. The second kappa shape index (κ2) is 23.3. The van der Waals surface area contributed by atoms with E-state index in [1.54, 1.807) is 68.7 Å². The predicted octanol–water partition coefficient (Wildman–Crippen LogP) is 6.50. The van der Waals surface area contributed by atoms with Crippen molar-refractivity contribution >= 4 is 105 Å². The van der Waals surface area contributed by atoms with Crippen LogP contribution in [0.1, 0.15) is 76.1 Å². The molecule has 0 fully saturated rings. The van der Waals surface area contributed by atoms with Crippen molar-refractivity contribution in [2.75, 3.05) is 47.5 Å². The number of nitrogens with zero attached hydrogens (tertiary/aromatic N) is 2. The smallest absolute Gasteiger partial charge is 0.295 e. The molecule has 0 saturated carbocycles. The van der Waals surface area contributed by atoms with Gasteiger partial charge in [0.05, 0.1) is 27.3 Å². The van der Waals surface area contributed by atoms with Crippen molar-refractivity contribution < 1.29 is 82.6 Å². The van der Waals surface area contributed by atoms with Gasteiger partial charge in [0, 0.05) is 70.4 Å². The molecular weight excluding hydrogens is 1190 g/mol. The lowest BCUT2D eigenvalue weighted by molar-refractivity contribution is -0.117. The molecule has 82 heavy (non-hydrogen) atoms. The lowest BCUT2D eigenvalue weighted by atomic mass is 9.78. The molecule has 1 amide bonds. The summed E-state index contributed by atoms with van der Waals surface area (Å²) in [5.41, 5.74) is 1.73. The molecule has 0 bridgehead atoms. The second-order valence-corrected chi connectivity index (χ2v) is 29.8. The number of allylic oxidation sites excluding steroid dienone is 5. The summed E-state index contributed by atoms with van der Waals surface area (Å²) in [4.78, 5) is 12.1. The molecule has 29 heteroatoms. The van der Waals surface area contributed by atoms with E-state index in [0.717, 1.165) is 17.7 Å². The van der Waals surface area contributed by atoms with Crippen molar-refractivity contribution in [2.24, 2.45) is 0 Å². The van der Waals surface area contributed by atoms with Crippen LogP contribution in [0.3, 0.4) is 0 Å². The SMILES string of the molecule is C=C(C)C(=O)NCCCNCc1ccc(C(=C\C=C2/N(CCCS(=O)(=O)O)c3ccc4c(S(=O)(=O)O)cc(S(=O)(=O)O)cc4c3C2(C)C)/C=C/C2N(CCCS(=O)(=O)O)c3ccc4c(S(=O)(=O)O)cc(S(=O)(=O)O)cc4c3C2(C)C)cc1. The maximum atomic E-state index is 12.8. The maximum Gasteiger partial charge on any atom is 0.295 e. The minimum absolute atomic E-state index is 0.00426. The van der Waals surface area contributed by atoms with Crippen molar-refractivity contribution in [2.45, 2.75) is 96.9 Å². The van der Waals surface area contributed by atoms with Crippen LogP contribution in [0.25, 0.3) is 27.1 Å². The number of benzene rings is 5. The lowest BCUT2D eigenvalue weighted by Gasteiger charge is -2.32. The fourth-order valence-electron chi connectivity index (χ4n) is 10.7. The molecule has 8 N–H and O–H groups in total. The van der Waals surface area contributed by atoms with Crippen molar-refractivity contribution in [3.63, 3.8) is 0 Å². The molecule has 0 saturated heterocycles. The predicted molar refractivity (Wildman–Crippen MR) is 310 cm³/mol. The molecule has 0 aromatic heterocycles. The van der Waals surface area contributed by atoms with Crippen LogP contribution >= 0.6 is 0 Å². The molecule has 0 spiro atoms. The summed E-state index contributed by atoms with van der Waals surface area (Å²) in [5, 5.41) is 5.90. The Labute approximate surface area is 477 Å². The van der Waals surface area contributed by atoms with Gasteiger partial charge in [-0.1, -0.05) is 88.9 Å². The van der Waals surface area contributed by atoms with Crippen molar-refractivity contribution in [1.29, 1.82) is 0 Å². The molecule has 5 aromatic carbocycles. The highest BCUT2D eigenvalue weighted by Gasteiger charge is 2.46. The van der Waals surface area contributed by atoms with Gasteiger partial charge < -0.3 is 20.4 Å². The molecule has 7 rings (SSSR count). The van der Waals surface area contributed by atoms with Gasteiger partial charge in [0.15, 0.2) is 0 Å². The largest absolute Gasteiger partial charge is 0.364 e. The van der Waals surface area contributed by atoms with Crippen LogP contribution in [0.5, 0.6) is 0 Å². The third kappa shape index (κ3) is 14.2. The molecule has 0 radical (unpaired) electrons. The number of fused-ring (bicyclic) bond motifs is 6. The quantitative estimate of drug-likeness (QED) is 0.0150. The number of carbonyl (C=O) groups excluding carboxylic acids is 1. The molecule has 1 unspecified atom stereocenters. The van der Waals surface area contributed by atoms with Crippen LogP contribution in [-0.2, 0) is 82.9 Å². The van der Waals surface area contributed by atoms with Crippen LogP contribution in [0, 0.1) is 0 Å². The van der Waals surface area contributed by atoms with E-state index in [2.05, 4.69) is 17.2 Å². The number of carbonyl (C=O) groups is 1. The monoisotopic (exact) mass is 1250 g/mol. The summed E-state index contributed by atoms with van der Waals surface area (Å²) in [6.45, 7) is 13.4. The summed E-state index contributed by atoms with van der Waals surface area (Å²) in [6.07, 6.45) is 7.22. The molecule has 2 heterocycles. The van der Waals surface area contributed by atoms with E-state index in [1.165, 1.54) is 24.3 Å². The van der Waals surface area contributed by atoms with Crippen molar-refractivity contribution in [3.8, 4) is 0 Å². The number of anilines is 2. The molecule has 444 valence electrons. The molecule has 2 aliphatic rings. The molecule has 5 aromatic rings. The molecule has 1 atom stereocenters. The van der Waals surface area contributed by atoms with Gasteiger partial charge in [-0.05, 0) is 114 Å². The van der Waals surface area contributed by atoms with Crippen LogP contribution < -0.4 is 20.4 Å². The molecule has 2 aliphatic heterocycles. The summed E-state index contributed by atoms with van der Waals surface area (Å²) < 4.78 is 210. The first-order valence-corrected chi connectivity index (χ1v) is 34.1. The Bertz CT molecular complexity index is 4230. The number of nitrogens with one attached hydrogen (secondary N) is 2. The van der Waals surface area contributed by atoms with Gasteiger partial charge >= 0.3 is 0 Å². The Morgan fingerprint density at radius 3 is 1.63 bits per heavy atom. The standard InChI is InChI=1S/C53H62N4O19S6/c1-33(2)51(58)55-23-7-22-54-32-34-10-12-35(13-11-34)36(14-20-47-52(3,4)49-41-28-37(79(65,66)67)30-45(81(71,72)73)39(41)16-18-43(49)56(47)24-8-26-77(59,60)61)15-21-48-53(5,6)50-42-29-38(80(68,69)70)31-46(82(74,75)76)40(42)17-19-44(50)57(48)25-9-27-78(62,63)64/h10-21,28-31,47,54H,1,7-9,22-27,32H2,2-6H3,(H,55,58)(H,59,60,61)(H,62,63,64)(H,65,66,67)(H,68,69,70)(H,71,72,73)(H,74,75,76)/b20-14+,36-15-,48-21-. The van der Waals surface area contributed by atoms with Gasteiger partial charge in [-0.25, -0.2) is 0 Å². The highest BCUT2D eigenvalue weighted by Crippen LogP contribution is 2.53. The van der Waals surface area contributed by atoms with E-state index < -0.39 is 109 Å². The molecule has 0 aliphatic carbocycles. The zero-order chi connectivity index (χ0) is 60.9. The normalized spacial score (nSPS) is 17.3. The van der Waals surface area contributed by atoms with E-state index in [0.29, 0.717) is 83.1 Å². The van der Waals surface area contributed by atoms with Gasteiger partial charge in [0.25, 0.3) is 60.7 Å². The first-order valence-electron chi connectivity index (χ1n) is 25.1. The third-order valence-electron chi connectivity index (χ3n) is 14.4. The number of hydrogen-bond donors (Lipinski definition) is 8. The fraction of sp³-hybridized carbons (Fsp3) is 0.340. The number of hydrogen-bond acceptors (Lipinski definition) is 16. The van der Waals surface area contributed by atoms with Crippen LogP contribution in [-0.4, -0.2) is 127 Å². The number of amides is 1. The highest BCUT2D eigenvalue weighted by atomic mass is 32.2. The van der Waals surface area contributed by atoms with Gasteiger partial charge in [-0.2, -0.15) is 50.5 Å². The highest BCUT2D eigenvalue weighted by molar-refractivity contribution is 7.87. The van der Waals surface area contributed by atoms with Crippen LogP contribution in [0.15, 0.2) is 135 Å². The average Bonchev–Trinajstić information content (AvgIpc) is 3.94. The third-order valence-corrected chi connectivity index (χ3v) is 19.5. The zero-order valence-corrected chi connectivity index (χ0v) is 49.8. The van der Waals surface area contributed by atoms with Gasteiger partial charge in [-0.15, -0.1) is 0 Å². The first-order chi connectivity index (χ1) is 37.7. The van der Waals surface area contributed by atoms with E-state index >= 15 is 0 Å². The van der Waals surface area contributed by atoms with Crippen molar-refractivity contribution in [1.82, 2.24) is 10.6 Å². The zero-order valence-electron chi connectivity index (χ0n) is 44.9. The van der Waals surface area contributed by atoms with Crippen molar-refractivity contribution in [3.05, 3.63) is 137 Å². The van der Waals surface area contributed by atoms with E-state index in [9.17, 15) is 82.6 Å². The fourth-order valence-corrected chi connectivity index (χ4v) is 14.4. The minimum Gasteiger partial charge on any atom is -0.364 e. The summed E-state index contributed by atoms with van der Waals surface area (Å²) in [5.74, 6) is -1.60. The minimum atomic E-state index is -5.12. The summed E-state index contributed by atoms with van der Waals surface area (Å²) >= 11 is 0. The Morgan fingerprint density at radius 1 is 0.622 bits per heavy atom. The second-order valence-electron chi connectivity index (χ2n) is 21.1. The Kier molecular flexibility index (Phi) is 18.1. The Morgan fingerprint density at radius 2 is 1.13 bits per heavy atom. The number of rotatable bonds is 23. The maximum absolute atomic E-state index is 12.8. The van der Waals surface area contributed by atoms with Gasteiger partial charge in [0.1, 0.15) is 9.79 Å². The summed E-state index contributed by atoms with van der Waals surface area (Å²) in [7, 11) is -29.4. The summed E-state index contributed by atoms with van der Waals surface area (Å²) in [6, 6.07) is 15.6. The first kappa shape index (κ1) is 63.6. The average molecular weight is 1250 g/mol. The van der Waals surface area contributed by atoms with E-state index in [-0.39, 0.29) is 53.4 Å². The topological polar surface area (TPSA) is 374 Å². The van der Waals surface area contributed by atoms with Crippen LogP contribution in [0.2, 0.25) is 0 Å². The van der Waals surface area contributed by atoms with E-state index in [1.807, 2.05) is 24.3 Å². The van der Waals surface area contributed by atoms with Gasteiger partial charge in [0.2, 0.25) is 5.91 Å². The molecule has 23 nitrogen and oxygen atoms in total. The Balaban J connectivity index is 1.43. The van der Waals surface area contributed by atoms with Gasteiger partial charge in [-0.3, -0.25) is 32.1 Å². The van der Waals surface area contributed by atoms with Crippen LogP contribution in [0.4, 0.5) is 11.4 Å². The molecular formula is C53H62N4O19S6. The lowest BCUT2D eigenvalue weighted by Crippen LogP contribution is -2.41. The van der Waals surface area contributed by atoms with E-state index in [4.69, 9.17) is 0 Å².